The third-order valence-corrected chi connectivity index (χ3v) is 3.25. The van der Waals surface area contributed by atoms with E-state index in [4.69, 9.17) is 0 Å². The zero-order valence-electron chi connectivity index (χ0n) is 12.4. The lowest BCUT2D eigenvalue weighted by Crippen LogP contribution is -2.35. The van der Waals surface area contributed by atoms with Crippen LogP contribution in [-0.2, 0) is 11.2 Å². The SMILES string of the molecule is CC(CC(=O)c1ccccc1)NC(=O)Cc1cccc(F)c1. The maximum atomic E-state index is 13.1. The second-order valence-corrected chi connectivity index (χ2v) is 5.27. The fourth-order valence-corrected chi connectivity index (χ4v) is 2.23. The molecule has 0 aromatic heterocycles. The lowest BCUT2D eigenvalue weighted by atomic mass is 10.0. The zero-order chi connectivity index (χ0) is 15.9. The van der Waals surface area contributed by atoms with E-state index in [1.165, 1.54) is 12.1 Å². The number of hydrogen-bond acceptors (Lipinski definition) is 2. The number of ketones is 1. The molecule has 22 heavy (non-hydrogen) atoms. The van der Waals surface area contributed by atoms with Gasteiger partial charge in [0.1, 0.15) is 5.82 Å². The molecule has 0 aliphatic carbocycles. The number of Topliss-reactive ketones (excluding diaryl/α,β-unsaturated/α-hetero) is 1. The van der Waals surface area contributed by atoms with Crippen LogP contribution in [0.3, 0.4) is 0 Å². The van der Waals surface area contributed by atoms with Crippen molar-refractivity contribution in [2.45, 2.75) is 25.8 Å². The minimum absolute atomic E-state index is 0.0147. The van der Waals surface area contributed by atoms with Crippen molar-refractivity contribution >= 4 is 11.7 Å². The molecular formula is C18H18FNO2. The van der Waals surface area contributed by atoms with Crippen molar-refractivity contribution in [1.29, 1.82) is 0 Å². The third-order valence-electron chi connectivity index (χ3n) is 3.25. The molecule has 0 aliphatic heterocycles. The summed E-state index contributed by atoms with van der Waals surface area (Å²) in [5.41, 5.74) is 1.24. The van der Waals surface area contributed by atoms with Gasteiger partial charge in [-0.05, 0) is 24.6 Å². The fourth-order valence-electron chi connectivity index (χ4n) is 2.23. The number of hydrogen-bond donors (Lipinski definition) is 1. The first kappa shape index (κ1) is 15.9. The van der Waals surface area contributed by atoms with Crippen LogP contribution >= 0.6 is 0 Å². The zero-order valence-corrected chi connectivity index (χ0v) is 12.4. The van der Waals surface area contributed by atoms with Crippen molar-refractivity contribution in [2.75, 3.05) is 0 Å². The molecule has 4 heteroatoms. The Morgan fingerprint density at radius 1 is 1.09 bits per heavy atom. The molecule has 0 heterocycles. The van der Waals surface area contributed by atoms with Gasteiger partial charge in [0.2, 0.25) is 5.91 Å². The minimum atomic E-state index is -0.363. The van der Waals surface area contributed by atoms with Gasteiger partial charge in [0, 0.05) is 18.0 Å². The van der Waals surface area contributed by atoms with Crippen molar-refractivity contribution in [3.8, 4) is 0 Å². The van der Waals surface area contributed by atoms with Gasteiger partial charge < -0.3 is 5.32 Å². The molecule has 0 saturated carbocycles. The van der Waals surface area contributed by atoms with E-state index < -0.39 is 0 Å². The van der Waals surface area contributed by atoms with E-state index in [-0.39, 0.29) is 36.4 Å². The minimum Gasteiger partial charge on any atom is -0.353 e. The van der Waals surface area contributed by atoms with Gasteiger partial charge in [-0.15, -0.1) is 0 Å². The molecule has 0 bridgehead atoms. The lowest BCUT2D eigenvalue weighted by molar-refractivity contribution is -0.121. The Labute approximate surface area is 129 Å². The summed E-state index contributed by atoms with van der Waals surface area (Å²) in [6.07, 6.45) is 0.334. The van der Waals surface area contributed by atoms with Crippen LogP contribution in [0.5, 0.6) is 0 Å². The standard InChI is InChI=1S/C18H18FNO2/c1-13(10-17(21)15-7-3-2-4-8-15)20-18(22)12-14-6-5-9-16(19)11-14/h2-9,11,13H,10,12H2,1H3,(H,20,22). The number of rotatable bonds is 6. The smallest absolute Gasteiger partial charge is 0.224 e. The Bertz CT molecular complexity index is 655. The summed E-state index contributed by atoms with van der Waals surface area (Å²) in [4.78, 5) is 23.9. The summed E-state index contributed by atoms with van der Waals surface area (Å²) in [6, 6.07) is 14.6. The number of halogens is 1. The average Bonchev–Trinajstić information content (AvgIpc) is 2.47. The molecule has 1 unspecified atom stereocenters. The van der Waals surface area contributed by atoms with Crippen LogP contribution in [0.15, 0.2) is 54.6 Å². The van der Waals surface area contributed by atoms with E-state index in [9.17, 15) is 14.0 Å². The van der Waals surface area contributed by atoms with E-state index in [1.54, 1.807) is 43.3 Å². The first-order chi connectivity index (χ1) is 10.5. The molecule has 2 aromatic carbocycles. The van der Waals surface area contributed by atoms with E-state index in [1.807, 2.05) is 6.07 Å². The van der Waals surface area contributed by atoms with Gasteiger partial charge in [0.25, 0.3) is 0 Å². The normalized spacial score (nSPS) is 11.7. The highest BCUT2D eigenvalue weighted by Crippen LogP contribution is 2.07. The average molecular weight is 299 g/mol. The van der Waals surface area contributed by atoms with Crippen LogP contribution in [0, 0.1) is 5.82 Å². The number of benzene rings is 2. The van der Waals surface area contributed by atoms with Crippen LogP contribution in [-0.4, -0.2) is 17.7 Å². The molecule has 0 radical (unpaired) electrons. The Morgan fingerprint density at radius 3 is 2.50 bits per heavy atom. The highest BCUT2D eigenvalue weighted by atomic mass is 19.1. The van der Waals surface area contributed by atoms with Crippen LogP contribution in [0.4, 0.5) is 4.39 Å². The molecule has 3 nitrogen and oxygen atoms in total. The summed E-state index contributed by atoms with van der Waals surface area (Å²) in [5.74, 6) is -0.601. The Hall–Kier alpha value is -2.49. The van der Waals surface area contributed by atoms with Gasteiger partial charge in [-0.25, -0.2) is 4.39 Å². The molecule has 1 atom stereocenters. The highest BCUT2D eigenvalue weighted by Gasteiger charge is 2.13. The molecule has 2 aromatic rings. The van der Waals surface area contributed by atoms with E-state index in [0.717, 1.165) is 0 Å². The van der Waals surface area contributed by atoms with E-state index in [2.05, 4.69) is 5.32 Å². The number of carbonyl (C=O) groups is 2. The van der Waals surface area contributed by atoms with Crippen LogP contribution in [0.1, 0.15) is 29.3 Å². The Morgan fingerprint density at radius 2 is 1.82 bits per heavy atom. The molecule has 1 amide bonds. The third kappa shape index (κ3) is 4.81. The predicted molar refractivity (Wildman–Crippen MR) is 83.1 cm³/mol. The fraction of sp³-hybridized carbons (Fsp3) is 0.222. The van der Waals surface area contributed by atoms with Gasteiger partial charge in [-0.1, -0.05) is 42.5 Å². The monoisotopic (exact) mass is 299 g/mol. The van der Waals surface area contributed by atoms with Gasteiger partial charge in [0.15, 0.2) is 5.78 Å². The molecule has 114 valence electrons. The van der Waals surface area contributed by atoms with Crippen LogP contribution in [0.2, 0.25) is 0 Å². The molecule has 2 rings (SSSR count). The summed E-state index contributed by atoms with van der Waals surface area (Å²) in [5, 5.41) is 2.77. The molecular weight excluding hydrogens is 281 g/mol. The molecule has 0 saturated heterocycles. The summed E-state index contributed by atoms with van der Waals surface area (Å²) in [7, 11) is 0. The van der Waals surface area contributed by atoms with E-state index in [0.29, 0.717) is 11.1 Å². The van der Waals surface area contributed by atoms with Crippen molar-refractivity contribution in [1.82, 2.24) is 5.32 Å². The second-order valence-electron chi connectivity index (χ2n) is 5.27. The molecule has 0 spiro atoms. The van der Waals surface area contributed by atoms with Crippen molar-refractivity contribution in [2.24, 2.45) is 0 Å². The Kier molecular flexibility index (Phi) is 5.42. The van der Waals surface area contributed by atoms with Gasteiger partial charge in [0.05, 0.1) is 6.42 Å². The predicted octanol–water partition coefficient (Wildman–Crippen LogP) is 3.15. The summed E-state index contributed by atoms with van der Waals surface area (Å²) in [6.45, 7) is 1.78. The summed E-state index contributed by atoms with van der Waals surface area (Å²) >= 11 is 0. The van der Waals surface area contributed by atoms with Crippen molar-refractivity contribution in [3.63, 3.8) is 0 Å². The van der Waals surface area contributed by atoms with Crippen molar-refractivity contribution in [3.05, 3.63) is 71.5 Å². The Balaban J connectivity index is 1.85. The highest BCUT2D eigenvalue weighted by molar-refractivity contribution is 5.96. The summed E-state index contributed by atoms with van der Waals surface area (Å²) < 4.78 is 13.1. The maximum absolute atomic E-state index is 13.1. The number of amides is 1. The molecule has 1 N–H and O–H groups in total. The van der Waals surface area contributed by atoms with Gasteiger partial charge >= 0.3 is 0 Å². The van der Waals surface area contributed by atoms with Crippen LogP contribution in [0.25, 0.3) is 0 Å². The maximum Gasteiger partial charge on any atom is 0.224 e. The molecule has 0 fully saturated rings. The molecule has 0 aliphatic rings. The number of nitrogens with one attached hydrogen (secondary N) is 1. The van der Waals surface area contributed by atoms with Crippen molar-refractivity contribution < 1.29 is 14.0 Å². The number of carbonyl (C=O) groups excluding carboxylic acids is 2. The quantitative estimate of drug-likeness (QED) is 0.833. The lowest BCUT2D eigenvalue weighted by Gasteiger charge is -2.13. The second kappa shape index (κ2) is 7.50. The van der Waals surface area contributed by atoms with E-state index >= 15 is 0 Å². The van der Waals surface area contributed by atoms with Gasteiger partial charge in [-0.3, -0.25) is 9.59 Å². The van der Waals surface area contributed by atoms with Crippen LogP contribution < -0.4 is 5.32 Å². The first-order valence-electron chi connectivity index (χ1n) is 7.16. The topological polar surface area (TPSA) is 46.2 Å². The largest absolute Gasteiger partial charge is 0.353 e. The van der Waals surface area contributed by atoms with Gasteiger partial charge in [-0.2, -0.15) is 0 Å². The first-order valence-corrected chi connectivity index (χ1v) is 7.16.